The Balaban J connectivity index is 1.72. The Morgan fingerprint density at radius 1 is 0.515 bits per heavy atom. The van der Waals surface area contributed by atoms with E-state index in [-0.39, 0.29) is 0 Å². The molecule has 0 fully saturated rings. The molecule has 7 aromatic rings. The third-order valence-electron chi connectivity index (χ3n) is 6.70. The van der Waals surface area contributed by atoms with Crippen molar-refractivity contribution in [1.29, 1.82) is 0 Å². The Kier molecular flexibility index (Phi) is 4.06. The van der Waals surface area contributed by atoms with Crippen LogP contribution in [0.4, 0.5) is 0 Å². The summed E-state index contributed by atoms with van der Waals surface area (Å²) in [5, 5.41) is 11.2. The lowest BCUT2D eigenvalue weighted by molar-refractivity contribution is 1.41. The topological polar surface area (TPSA) is 12.9 Å². The van der Waals surface area contributed by atoms with Crippen LogP contribution >= 0.6 is 15.9 Å². The molecule has 0 amide bonds. The highest BCUT2D eigenvalue weighted by atomic mass is 79.9. The number of hydrogen-bond donors (Lipinski definition) is 0. The van der Waals surface area contributed by atoms with E-state index in [0.29, 0.717) is 0 Å². The summed E-state index contributed by atoms with van der Waals surface area (Å²) in [4.78, 5) is 4.83. The van der Waals surface area contributed by atoms with Crippen LogP contribution in [-0.2, 0) is 0 Å². The predicted octanol–water partition coefficient (Wildman–Crippen LogP) is 9.28. The number of rotatable bonds is 1. The minimum atomic E-state index is 0.995. The van der Waals surface area contributed by atoms with Crippen molar-refractivity contribution >= 4 is 69.9 Å². The van der Waals surface area contributed by atoms with E-state index >= 15 is 0 Å². The molecule has 0 bridgehead atoms. The number of halogens is 1. The van der Waals surface area contributed by atoms with Crippen molar-refractivity contribution < 1.29 is 0 Å². The van der Waals surface area contributed by atoms with Gasteiger partial charge in [0.05, 0.1) is 5.52 Å². The van der Waals surface area contributed by atoms with Gasteiger partial charge in [-0.15, -0.1) is 0 Å². The monoisotopic (exact) mass is 483 g/mol. The zero-order valence-electron chi connectivity index (χ0n) is 17.7. The zero-order valence-corrected chi connectivity index (χ0v) is 19.3. The molecule has 154 valence electrons. The van der Waals surface area contributed by atoms with Crippen LogP contribution < -0.4 is 0 Å². The summed E-state index contributed by atoms with van der Waals surface area (Å²) < 4.78 is 0.995. The highest BCUT2D eigenvalue weighted by Crippen LogP contribution is 2.42. The molecule has 0 aliphatic carbocycles. The van der Waals surface area contributed by atoms with E-state index in [1.165, 1.54) is 59.6 Å². The average Bonchev–Trinajstić information content (AvgIpc) is 2.87. The fourth-order valence-electron chi connectivity index (χ4n) is 5.24. The number of nitrogens with zero attached hydrogens (tertiary/aromatic N) is 1. The van der Waals surface area contributed by atoms with E-state index in [2.05, 4.69) is 119 Å². The Morgan fingerprint density at radius 3 is 2.06 bits per heavy atom. The zero-order chi connectivity index (χ0) is 21.9. The normalized spacial score (nSPS) is 11.8. The number of hydrogen-bond acceptors (Lipinski definition) is 1. The fraction of sp³-hybridized carbons (Fsp3) is 0. The van der Waals surface area contributed by atoms with Crippen molar-refractivity contribution in [2.24, 2.45) is 0 Å². The predicted molar refractivity (Wildman–Crippen MR) is 145 cm³/mol. The summed E-state index contributed by atoms with van der Waals surface area (Å²) in [5.41, 5.74) is 3.55. The molecule has 1 nitrogen and oxygen atoms in total. The van der Waals surface area contributed by atoms with Gasteiger partial charge in [0.2, 0.25) is 0 Å². The SMILES string of the molecule is Brc1cnc2c3ccccc3c3cc(-c4ccc5ccccc5c4)c4ccccc4c3c2c1. The van der Waals surface area contributed by atoms with E-state index in [1.807, 2.05) is 6.20 Å². The van der Waals surface area contributed by atoms with Crippen molar-refractivity contribution in [1.82, 2.24) is 4.98 Å². The maximum atomic E-state index is 4.83. The lowest BCUT2D eigenvalue weighted by Gasteiger charge is -2.16. The molecule has 0 saturated heterocycles. The van der Waals surface area contributed by atoms with Gasteiger partial charge in [-0.25, -0.2) is 0 Å². The van der Waals surface area contributed by atoms with Gasteiger partial charge in [-0.1, -0.05) is 84.9 Å². The van der Waals surface area contributed by atoms with Crippen molar-refractivity contribution in [3.8, 4) is 11.1 Å². The van der Waals surface area contributed by atoms with Crippen LogP contribution in [0.5, 0.6) is 0 Å². The smallest absolute Gasteiger partial charge is 0.0787 e. The number of aromatic nitrogens is 1. The second-order valence-corrected chi connectivity index (χ2v) is 9.47. The molecule has 0 radical (unpaired) electrons. The molecular weight excluding hydrogens is 466 g/mol. The van der Waals surface area contributed by atoms with Gasteiger partial charge in [0.25, 0.3) is 0 Å². The number of fused-ring (bicyclic) bond motifs is 9. The molecule has 2 heteroatoms. The van der Waals surface area contributed by atoms with Crippen molar-refractivity contribution in [2.75, 3.05) is 0 Å². The maximum Gasteiger partial charge on any atom is 0.0787 e. The summed E-state index contributed by atoms with van der Waals surface area (Å²) >= 11 is 3.66. The summed E-state index contributed by atoms with van der Waals surface area (Å²) in [6.07, 6.45) is 1.90. The quantitative estimate of drug-likeness (QED) is 0.212. The number of benzene rings is 6. The van der Waals surface area contributed by atoms with Crippen LogP contribution in [0.15, 0.2) is 114 Å². The molecule has 1 aromatic heterocycles. The molecular formula is C31H18BrN. The highest BCUT2D eigenvalue weighted by molar-refractivity contribution is 9.10. The van der Waals surface area contributed by atoms with Crippen LogP contribution in [0.3, 0.4) is 0 Å². The molecule has 6 aromatic carbocycles. The third-order valence-corrected chi connectivity index (χ3v) is 7.13. The van der Waals surface area contributed by atoms with Crippen LogP contribution in [-0.4, -0.2) is 4.98 Å². The summed E-state index contributed by atoms with van der Waals surface area (Å²) in [6, 6.07) is 37.3. The first-order valence-corrected chi connectivity index (χ1v) is 11.9. The van der Waals surface area contributed by atoms with Crippen LogP contribution in [0, 0.1) is 0 Å². The number of pyridine rings is 1. The Labute approximate surface area is 199 Å². The van der Waals surface area contributed by atoms with Gasteiger partial charge >= 0.3 is 0 Å². The van der Waals surface area contributed by atoms with Crippen molar-refractivity contribution in [2.45, 2.75) is 0 Å². The molecule has 1 heterocycles. The molecule has 0 N–H and O–H groups in total. The Bertz CT molecular complexity index is 1880. The first kappa shape index (κ1) is 18.8. The molecule has 7 rings (SSSR count). The van der Waals surface area contributed by atoms with Gasteiger partial charge in [-0.05, 0) is 83.0 Å². The van der Waals surface area contributed by atoms with E-state index in [4.69, 9.17) is 4.98 Å². The van der Waals surface area contributed by atoms with E-state index < -0.39 is 0 Å². The van der Waals surface area contributed by atoms with Gasteiger partial charge in [0, 0.05) is 21.4 Å². The summed E-state index contributed by atoms with van der Waals surface area (Å²) in [5.74, 6) is 0. The lowest BCUT2D eigenvalue weighted by Crippen LogP contribution is -1.90. The second-order valence-electron chi connectivity index (χ2n) is 8.55. The molecule has 0 unspecified atom stereocenters. The second kappa shape index (κ2) is 7.13. The van der Waals surface area contributed by atoms with Gasteiger partial charge in [-0.3, -0.25) is 4.98 Å². The first-order valence-electron chi connectivity index (χ1n) is 11.1. The summed E-state index contributed by atoms with van der Waals surface area (Å²) in [7, 11) is 0. The van der Waals surface area contributed by atoms with Gasteiger partial charge < -0.3 is 0 Å². The molecule has 0 spiro atoms. The molecule has 33 heavy (non-hydrogen) atoms. The molecule has 0 aliphatic rings. The minimum absolute atomic E-state index is 0.995. The maximum absolute atomic E-state index is 4.83. The minimum Gasteiger partial charge on any atom is -0.254 e. The first-order chi connectivity index (χ1) is 16.3. The van der Waals surface area contributed by atoms with E-state index in [1.54, 1.807) is 0 Å². The fourth-order valence-corrected chi connectivity index (χ4v) is 5.57. The lowest BCUT2D eigenvalue weighted by atomic mass is 9.88. The van der Waals surface area contributed by atoms with Crippen LogP contribution in [0.2, 0.25) is 0 Å². The molecule has 0 saturated carbocycles. The van der Waals surface area contributed by atoms with E-state index in [9.17, 15) is 0 Å². The Morgan fingerprint density at radius 2 is 1.21 bits per heavy atom. The summed E-state index contributed by atoms with van der Waals surface area (Å²) in [6.45, 7) is 0. The van der Waals surface area contributed by atoms with Crippen LogP contribution in [0.1, 0.15) is 0 Å². The molecule has 0 atom stereocenters. The third kappa shape index (κ3) is 2.81. The average molecular weight is 484 g/mol. The van der Waals surface area contributed by atoms with Crippen LogP contribution in [0.25, 0.3) is 65.1 Å². The van der Waals surface area contributed by atoms with Crippen molar-refractivity contribution in [3.63, 3.8) is 0 Å². The largest absolute Gasteiger partial charge is 0.254 e. The van der Waals surface area contributed by atoms with E-state index in [0.717, 1.165) is 9.99 Å². The van der Waals surface area contributed by atoms with Gasteiger partial charge in [0.1, 0.15) is 0 Å². The standard InChI is InChI=1S/C31H18BrN/c32-22-16-29-30-25-11-5-3-9-23(25)27(21-14-13-19-7-1-2-8-20(19)15-21)17-28(30)24-10-4-6-12-26(24)31(29)33-18-22/h1-18H. The van der Waals surface area contributed by atoms with Gasteiger partial charge in [-0.2, -0.15) is 0 Å². The Hall–Kier alpha value is -3.75. The highest BCUT2D eigenvalue weighted by Gasteiger charge is 2.16. The van der Waals surface area contributed by atoms with Gasteiger partial charge in [0.15, 0.2) is 0 Å². The van der Waals surface area contributed by atoms with Crippen molar-refractivity contribution in [3.05, 3.63) is 114 Å². The molecule has 0 aliphatic heterocycles.